The number of fused-ring (bicyclic) bond motifs is 1. The number of nitrogens with two attached hydrogens (primary N) is 1. The number of anilines is 1. The maximum absolute atomic E-state index is 5.76. The molecule has 1 aromatic carbocycles. The number of nitrogens with one attached hydrogen (secondary N) is 1. The molecule has 74 valence electrons. The lowest BCUT2D eigenvalue weighted by atomic mass is 10.3. The molecule has 3 aromatic rings. The zero-order chi connectivity index (χ0) is 10.3. The van der Waals surface area contributed by atoms with Gasteiger partial charge in [0, 0.05) is 0 Å². The molecule has 0 aliphatic rings. The molecule has 0 aliphatic heterocycles. The fourth-order valence-electron chi connectivity index (χ4n) is 1.38. The van der Waals surface area contributed by atoms with Crippen molar-refractivity contribution in [1.29, 1.82) is 0 Å². The third-order valence-electron chi connectivity index (χ3n) is 2.08. The van der Waals surface area contributed by atoms with Gasteiger partial charge in [-0.2, -0.15) is 15.4 Å². The Hall–Kier alpha value is -2.37. The largest absolute Gasteiger partial charge is 0.435 e. The molecule has 0 fully saturated rings. The van der Waals surface area contributed by atoms with Gasteiger partial charge in [0.25, 0.3) is 0 Å². The lowest BCUT2D eigenvalue weighted by Crippen LogP contribution is -1.85. The number of aromatic nitrogens is 4. The molecule has 15 heavy (non-hydrogen) atoms. The molecule has 0 radical (unpaired) electrons. The molecule has 0 aliphatic carbocycles. The second-order valence-electron chi connectivity index (χ2n) is 3.07. The fourth-order valence-corrected chi connectivity index (χ4v) is 1.38. The topological polar surface area (TPSA) is 93.6 Å². The van der Waals surface area contributed by atoms with Gasteiger partial charge in [-0.3, -0.25) is 0 Å². The summed E-state index contributed by atoms with van der Waals surface area (Å²) in [6.45, 7) is 0. The van der Waals surface area contributed by atoms with Gasteiger partial charge in [0.2, 0.25) is 5.89 Å². The highest BCUT2D eigenvalue weighted by Gasteiger charge is 2.11. The average Bonchev–Trinajstić information content (AvgIpc) is 2.86. The summed E-state index contributed by atoms with van der Waals surface area (Å²) >= 11 is 0. The molecule has 3 rings (SSSR count). The zero-order valence-corrected chi connectivity index (χ0v) is 7.64. The number of benzene rings is 1. The standard InChI is InChI=1S/C9H7N5O/c10-5-2-1-3-7-8(5)12-9(15-7)6-4-11-14-13-6/h1-4H,10H2,(H,11,13,14). The molecule has 0 unspecified atom stereocenters. The molecule has 2 heterocycles. The van der Waals surface area contributed by atoms with Crippen molar-refractivity contribution in [3.05, 3.63) is 24.4 Å². The van der Waals surface area contributed by atoms with Crippen LogP contribution < -0.4 is 5.73 Å². The van der Waals surface area contributed by atoms with Crippen molar-refractivity contribution in [3.63, 3.8) is 0 Å². The van der Waals surface area contributed by atoms with Gasteiger partial charge in [-0.25, -0.2) is 4.98 Å². The summed E-state index contributed by atoms with van der Waals surface area (Å²) in [4.78, 5) is 4.24. The minimum Gasteiger partial charge on any atom is -0.435 e. The Morgan fingerprint density at radius 3 is 3.00 bits per heavy atom. The normalized spacial score (nSPS) is 10.9. The molecule has 3 N–H and O–H groups in total. The molecule has 0 spiro atoms. The molecule has 0 saturated carbocycles. The quantitative estimate of drug-likeness (QED) is 0.577. The van der Waals surface area contributed by atoms with E-state index in [2.05, 4.69) is 20.4 Å². The number of hydrogen-bond donors (Lipinski definition) is 2. The van der Waals surface area contributed by atoms with Crippen molar-refractivity contribution in [2.45, 2.75) is 0 Å². The lowest BCUT2D eigenvalue weighted by molar-refractivity contribution is 0.616. The van der Waals surface area contributed by atoms with Crippen LogP contribution in [0.1, 0.15) is 0 Å². The SMILES string of the molecule is Nc1cccc2oc(-c3cn[nH]n3)nc12. The summed E-state index contributed by atoms with van der Waals surface area (Å²) in [6.07, 6.45) is 1.54. The van der Waals surface area contributed by atoms with E-state index in [9.17, 15) is 0 Å². The van der Waals surface area contributed by atoms with Crippen molar-refractivity contribution in [2.24, 2.45) is 0 Å². The van der Waals surface area contributed by atoms with Crippen LogP contribution in [-0.4, -0.2) is 20.4 Å². The average molecular weight is 201 g/mol. The lowest BCUT2D eigenvalue weighted by Gasteiger charge is -1.89. The van der Waals surface area contributed by atoms with Gasteiger partial charge in [-0.05, 0) is 12.1 Å². The van der Waals surface area contributed by atoms with Gasteiger partial charge in [0.15, 0.2) is 11.3 Å². The van der Waals surface area contributed by atoms with E-state index in [1.165, 1.54) is 0 Å². The summed E-state index contributed by atoms with van der Waals surface area (Å²) in [5.41, 5.74) is 8.20. The van der Waals surface area contributed by atoms with E-state index in [-0.39, 0.29) is 0 Å². The molecule has 0 amide bonds. The maximum Gasteiger partial charge on any atom is 0.249 e. The van der Waals surface area contributed by atoms with Gasteiger partial charge in [-0.1, -0.05) is 6.07 Å². The van der Waals surface area contributed by atoms with Crippen molar-refractivity contribution in [1.82, 2.24) is 20.4 Å². The Kier molecular flexibility index (Phi) is 1.49. The number of H-pyrrole nitrogens is 1. The van der Waals surface area contributed by atoms with Gasteiger partial charge < -0.3 is 10.2 Å². The molecule has 2 aromatic heterocycles. The molecular formula is C9H7N5O. The van der Waals surface area contributed by atoms with E-state index < -0.39 is 0 Å². The van der Waals surface area contributed by atoms with Crippen LogP contribution in [0.2, 0.25) is 0 Å². The molecule has 0 saturated heterocycles. The van der Waals surface area contributed by atoms with Crippen LogP contribution in [0.25, 0.3) is 22.7 Å². The van der Waals surface area contributed by atoms with Crippen LogP contribution >= 0.6 is 0 Å². The second kappa shape index (κ2) is 2.81. The first-order valence-electron chi connectivity index (χ1n) is 4.36. The van der Waals surface area contributed by atoms with E-state index in [4.69, 9.17) is 10.2 Å². The maximum atomic E-state index is 5.76. The Morgan fingerprint density at radius 1 is 1.33 bits per heavy atom. The van der Waals surface area contributed by atoms with E-state index in [0.29, 0.717) is 28.4 Å². The Labute approximate surface area is 84.1 Å². The molecule has 0 bridgehead atoms. The monoisotopic (exact) mass is 201 g/mol. The van der Waals surface area contributed by atoms with Gasteiger partial charge in [-0.15, -0.1) is 0 Å². The summed E-state index contributed by atoms with van der Waals surface area (Å²) < 4.78 is 5.48. The fraction of sp³-hybridized carbons (Fsp3) is 0. The van der Waals surface area contributed by atoms with E-state index in [1.54, 1.807) is 12.3 Å². The summed E-state index contributed by atoms with van der Waals surface area (Å²) in [5.74, 6) is 0.414. The van der Waals surface area contributed by atoms with E-state index in [1.807, 2.05) is 12.1 Å². The predicted molar refractivity (Wildman–Crippen MR) is 53.8 cm³/mol. The van der Waals surface area contributed by atoms with E-state index >= 15 is 0 Å². The van der Waals surface area contributed by atoms with Crippen molar-refractivity contribution < 1.29 is 4.42 Å². The predicted octanol–water partition coefficient (Wildman–Crippen LogP) is 1.20. The van der Waals surface area contributed by atoms with Crippen molar-refractivity contribution in [3.8, 4) is 11.6 Å². The van der Waals surface area contributed by atoms with Gasteiger partial charge in [0.1, 0.15) is 5.52 Å². The molecule has 6 heteroatoms. The Morgan fingerprint density at radius 2 is 2.27 bits per heavy atom. The Balaban J connectivity index is 2.27. The third kappa shape index (κ3) is 1.15. The third-order valence-corrected chi connectivity index (χ3v) is 2.08. The first-order chi connectivity index (χ1) is 7.34. The van der Waals surface area contributed by atoms with Crippen LogP contribution in [-0.2, 0) is 0 Å². The van der Waals surface area contributed by atoms with Crippen LogP contribution in [0.4, 0.5) is 5.69 Å². The number of para-hydroxylation sites is 1. The summed E-state index contributed by atoms with van der Waals surface area (Å²) in [7, 11) is 0. The zero-order valence-electron chi connectivity index (χ0n) is 7.64. The number of rotatable bonds is 1. The van der Waals surface area contributed by atoms with Crippen molar-refractivity contribution in [2.75, 3.05) is 5.73 Å². The molecular weight excluding hydrogens is 194 g/mol. The van der Waals surface area contributed by atoms with Crippen LogP contribution in [0.3, 0.4) is 0 Å². The summed E-state index contributed by atoms with van der Waals surface area (Å²) in [6, 6.07) is 5.40. The van der Waals surface area contributed by atoms with Crippen molar-refractivity contribution >= 4 is 16.8 Å². The summed E-state index contributed by atoms with van der Waals surface area (Å²) in [5, 5.41) is 10.1. The number of nitrogen functional groups attached to an aromatic ring is 1. The number of oxazole rings is 1. The molecule has 0 atom stereocenters. The van der Waals surface area contributed by atoms with Crippen LogP contribution in [0, 0.1) is 0 Å². The number of nitrogens with zero attached hydrogens (tertiary/aromatic N) is 3. The van der Waals surface area contributed by atoms with Crippen LogP contribution in [0.5, 0.6) is 0 Å². The first kappa shape index (κ1) is 7.98. The van der Waals surface area contributed by atoms with Gasteiger partial charge >= 0.3 is 0 Å². The Bertz CT molecular complexity index is 598. The number of aromatic amines is 1. The second-order valence-corrected chi connectivity index (χ2v) is 3.07. The first-order valence-corrected chi connectivity index (χ1v) is 4.36. The highest BCUT2D eigenvalue weighted by Crippen LogP contribution is 2.25. The smallest absolute Gasteiger partial charge is 0.249 e. The van der Waals surface area contributed by atoms with E-state index in [0.717, 1.165) is 0 Å². The highest BCUT2D eigenvalue weighted by molar-refractivity contribution is 5.86. The van der Waals surface area contributed by atoms with Gasteiger partial charge in [0.05, 0.1) is 11.9 Å². The highest BCUT2D eigenvalue weighted by atomic mass is 16.3. The number of hydrogen-bond acceptors (Lipinski definition) is 5. The molecule has 6 nitrogen and oxygen atoms in total. The minimum absolute atomic E-state index is 0.414. The van der Waals surface area contributed by atoms with Crippen LogP contribution in [0.15, 0.2) is 28.8 Å². The minimum atomic E-state index is 0.414.